The van der Waals surface area contributed by atoms with E-state index >= 15 is 0 Å². The second-order valence-electron chi connectivity index (χ2n) is 7.76. The third kappa shape index (κ3) is 5.34. The molecular weight excluding hydrogens is 328 g/mol. The van der Waals surface area contributed by atoms with E-state index in [2.05, 4.69) is 33.8 Å². The third-order valence-corrected chi connectivity index (χ3v) is 4.56. The lowest BCUT2D eigenvalue weighted by Gasteiger charge is -2.48. The number of piperazine rings is 1. The van der Waals surface area contributed by atoms with Crippen molar-refractivity contribution in [2.45, 2.75) is 53.2 Å². The van der Waals surface area contributed by atoms with Gasteiger partial charge in [0.15, 0.2) is 0 Å². The Morgan fingerprint density at radius 3 is 2.23 bits per heavy atom. The van der Waals surface area contributed by atoms with Crippen LogP contribution in [0.15, 0.2) is 18.3 Å². The minimum atomic E-state index is -0.427. The van der Waals surface area contributed by atoms with Crippen molar-refractivity contribution in [2.24, 2.45) is 0 Å². The fraction of sp³-hybridized carbons (Fsp3) is 0.700. The van der Waals surface area contributed by atoms with Gasteiger partial charge in [0.1, 0.15) is 11.4 Å². The Morgan fingerprint density at radius 2 is 1.73 bits per heavy atom. The van der Waals surface area contributed by atoms with Crippen LogP contribution in [0.5, 0.6) is 0 Å². The van der Waals surface area contributed by atoms with Gasteiger partial charge >= 0.3 is 6.09 Å². The zero-order valence-electron chi connectivity index (χ0n) is 17.2. The van der Waals surface area contributed by atoms with Crippen LogP contribution in [0.4, 0.5) is 10.6 Å². The van der Waals surface area contributed by atoms with Crippen molar-refractivity contribution in [1.29, 1.82) is 0 Å². The molecule has 0 spiro atoms. The van der Waals surface area contributed by atoms with E-state index in [9.17, 15) is 4.79 Å². The maximum Gasteiger partial charge on any atom is 0.410 e. The van der Waals surface area contributed by atoms with E-state index in [-0.39, 0.29) is 6.09 Å². The normalized spacial score (nSPS) is 18.7. The van der Waals surface area contributed by atoms with E-state index < -0.39 is 5.60 Å². The van der Waals surface area contributed by atoms with Crippen LogP contribution in [-0.2, 0) is 4.74 Å². The smallest absolute Gasteiger partial charge is 0.410 e. The Bertz CT molecular complexity index is 568. The third-order valence-electron chi connectivity index (χ3n) is 4.56. The molecule has 6 heteroatoms. The summed E-state index contributed by atoms with van der Waals surface area (Å²) in [5.41, 5.74) is 0.762. The molecule has 0 saturated carbocycles. The summed E-state index contributed by atoms with van der Waals surface area (Å²) in [7, 11) is 0. The number of carbonyl (C=O) groups is 1. The lowest BCUT2D eigenvalue weighted by molar-refractivity contribution is 0.00874. The highest BCUT2D eigenvalue weighted by atomic mass is 16.6. The van der Waals surface area contributed by atoms with Crippen LogP contribution in [0, 0.1) is 6.92 Å². The zero-order chi connectivity index (χ0) is 19.3. The summed E-state index contributed by atoms with van der Waals surface area (Å²) in [5, 5.41) is 0. The molecular formula is C20H34N4O2. The largest absolute Gasteiger partial charge is 0.444 e. The van der Waals surface area contributed by atoms with Crippen LogP contribution in [0.1, 0.15) is 40.2 Å². The highest BCUT2D eigenvalue weighted by Crippen LogP contribution is 2.23. The average Bonchev–Trinajstić information content (AvgIpc) is 2.56. The first-order valence-electron chi connectivity index (χ1n) is 9.71. The molecule has 3 rings (SSSR count). The van der Waals surface area contributed by atoms with Crippen LogP contribution in [0.3, 0.4) is 0 Å². The molecule has 1 amide bonds. The highest BCUT2D eigenvalue weighted by molar-refractivity contribution is 5.68. The SMILES string of the molecule is CC.Cc1ccc(N2CC(N3CCN(C(=O)OC(C)(C)C)CC3)C2)nc1. The van der Waals surface area contributed by atoms with Gasteiger partial charge in [-0.15, -0.1) is 0 Å². The lowest BCUT2D eigenvalue weighted by atomic mass is 10.1. The zero-order valence-corrected chi connectivity index (χ0v) is 17.2. The van der Waals surface area contributed by atoms with Crippen LogP contribution >= 0.6 is 0 Å². The first-order chi connectivity index (χ1) is 12.3. The number of amides is 1. The summed E-state index contributed by atoms with van der Waals surface area (Å²) < 4.78 is 5.45. The number of aromatic nitrogens is 1. The molecule has 0 radical (unpaired) electrons. The summed E-state index contributed by atoms with van der Waals surface area (Å²) in [6.07, 6.45) is 1.73. The summed E-state index contributed by atoms with van der Waals surface area (Å²) in [5.74, 6) is 1.06. The summed E-state index contributed by atoms with van der Waals surface area (Å²) in [4.78, 5) is 23.2. The van der Waals surface area contributed by atoms with Gasteiger partial charge in [-0.3, -0.25) is 4.90 Å². The number of hydrogen-bond acceptors (Lipinski definition) is 5. The molecule has 2 fully saturated rings. The molecule has 1 aromatic rings. The van der Waals surface area contributed by atoms with Gasteiger partial charge in [0.25, 0.3) is 0 Å². The Balaban J connectivity index is 0.00000117. The topological polar surface area (TPSA) is 48.9 Å². The van der Waals surface area contributed by atoms with Gasteiger partial charge in [0.2, 0.25) is 0 Å². The molecule has 0 N–H and O–H groups in total. The van der Waals surface area contributed by atoms with E-state index in [1.807, 2.05) is 45.7 Å². The molecule has 2 saturated heterocycles. The van der Waals surface area contributed by atoms with Crippen LogP contribution in [0.25, 0.3) is 0 Å². The molecule has 26 heavy (non-hydrogen) atoms. The summed E-state index contributed by atoms with van der Waals surface area (Å²) in [6, 6.07) is 4.76. The monoisotopic (exact) mass is 362 g/mol. The van der Waals surface area contributed by atoms with Gasteiger partial charge in [0, 0.05) is 51.5 Å². The van der Waals surface area contributed by atoms with Crippen LogP contribution in [-0.4, -0.2) is 71.8 Å². The van der Waals surface area contributed by atoms with Gasteiger partial charge < -0.3 is 14.5 Å². The second kappa shape index (κ2) is 8.71. The number of hydrogen-bond donors (Lipinski definition) is 0. The van der Waals surface area contributed by atoms with Gasteiger partial charge in [-0.25, -0.2) is 9.78 Å². The molecule has 0 bridgehead atoms. The molecule has 0 atom stereocenters. The number of anilines is 1. The van der Waals surface area contributed by atoms with Crippen molar-refractivity contribution in [2.75, 3.05) is 44.2 Å². The van der Waals surface area contributed by atoms with E-state index in [4.69, 9.17) is 4.74 Å². The molecule has 2 aliphatic heterocycles. The Hall–Kier alpha value is -1.82. The average molecular weight is 363 g/mol. The number of ether oxygens (including phenoxy) is 1. The number of nitrogens with zero attached hydrogens (tertiary/aromatic N) is 4. The maximum atomic E-state index is 12.1. The highest BCUT2D eigenvalue weighted by Gasteiger charge is 2.35. The van der Waals surface area contributed by atoms with E-state index in [1.165, 1.54) is 5.56 Å². The van der Waals surface area contributed by atoms with Crippen molar-refractivity contribution < 1.29 is 9.53 Å². The fourth-order valence-electron chi connectivity index (χ4n) is 3.12. The number of aryl methyl sites for hydroxylation is 1. The molecule has 6 nitrogen and oxygen atoms in total. The predicted molar refractivity (Wildman–Crippen MR) is 106 cm³/mol. The molecule has 0 unspecified atom stereocenters. The van der Waals surface area contributed by atoms with Gasteiger partial charge in [-0.2, -0.15) is 0 Å². The Labute approximate surface area is 158 Å². The second-order valence-corrected chi connectivity index (χ2v) is 7.76. The van der Waals surface area contributed by atoms with Gasteiger partial charge in [-0.1, -0.05) is 19.9 Å². The van der Waals surface area contributed by atoms with E-state index in [0.717, 1.165) is 45.1 Å². The molecule has 2 aliphatic rings. The molecule has 146 valence electrons. The van der Waals surface area contributed by atoms with Crippen molar-refractivity contribution in [1.82, 2.24) is 14.8 Å². The quantitative estimate of drug-likeness (QED) is 0.809. The molecule has 0 aromatic carbocycles. The van der Waals surface area contributed by atoms with Crippen molar-refractivity contribution in [3.63, 3.8) is 0 Å². The summed E-state index contributed by atoms with van der Waals surface area (Å²) in [6.45, 7) is 17.1. The van der Waals surface area contributed by atoms with E-state index in [1.54, 1.807) is 0 Å². The Kier molecular flexibility index (Phi) is 6.87. The number of rotatable bonds is 2. The van der Waals surface area contributed by atoms with E-state index in [0.29, 0.717) is 6.04 Å². The van der Waals surface area contributed by atoms with Crippen molar-refractivity contribution >= 4 is 11.9 Å². The summed E-state index contributed by atoms with van der Waals surface area (Å²) >= 11 is 0. The van der Waals surface area contributed by atoms with Crippen LogP contribution in [0.2, 0.25) is 0 Å². The number of pyridine rings is 1. The first kappa shape index (κ1) is 20.5. The molecule has 1 aromatic heterocycles. The number of carbonyl (C=O) groups excluding carboxylic acids is 1. The Morgan fingerprint density at radius 1 is 1.12 bits per heavy atom. The van der Waals surface area contributed by atoms with Crippen molar-refractivity contribution in [3.05, 3.63) is 23.9 Å². The molecule has 0 aliphatic carbocycles. The van der Waals surface area contributed by atoms with Gasteiger partial charge in [0.05, 0.1) is 0 Å². The van der Waals surface area contributed by atoms with Crippen molar-refractivity contribution in [3.8, 4) is 0 Å². The standard InChI is InChI=1S/C18H28N4O2.C2H6/c1-14-5-6-16(19-11-14)22-12-15(13-22)20-7-9-21(10-8-20)17(23)24-18(2,3)4;1-2/h5-6,11,15H,7-10,12-13H2,1-4H3;1-2H3. The van der Waals surface area contributed by atoms with Gasteiger partial charge in [-0.05, 0) is 39.3 Å². The first-order valence-corrected chi connectivity index (χ1v) is 9.71. The maximum absolute atomic E-state index is 12.1. The minimum absolute atomic E-state index is 0.193. The van der Waals surface area contributed by atoms with Crippen LogP contribution < -0.4 is 4.90 Å². The molecule has 3 heterocycles. The lowest BCUT2D eigenvalue weighted by Crippen LogP contribution is -2.63. The predicted octanol–water partition coefficient (Wildman–Crippen LogP) is 3.16. The minimum Gasteiger partial charge on any atom is -0.444 e. The fourth-order valence-corrected chi connectivity index (χ4v) is 3.12.